The number of nitrogens with zero attached hydrogens (tertiary/aromatic N) is 1. The van der Waals surface area contributed by atoms with Crippen LogP contribution in [0, 0.1) is 0 Å². The van der Waals surface area contributed by atoms with Crippen molar-refractivity contribution in [2.45, 2.75) is 38.1 Å². The van der Waals surface area contributed by atoms with Crippen molar-refractivity contribution in [3.63, 3.8) is 0 Å². The average Bonchev–Trinajstić information content (AvgIpc) is 2.54. The van der Waals surface area contributed by atoms with E-state index in [0.29, 0.717) is 11.9 Å². The maximum atomic E-state index is 11.3. The van der Waals surface area contributed by atoms with Crippen LogP contribution in [-0.4, -0.2) is 36.5 Å². The smallest absolute Gasteiger partial charge is 0.222 e. The molecule has 13 heavy (non-hydrogen) atoms. The summed E-state index contributed by atoms with van der Waals surface area (Å²) in [6.07, 6.45) is 5.69. The molecule has 2 saturated heterocycles. The minimum atomic E-state index is 0.354. The number of carbonyl (C=O) groups excluding carboxylic acids is 1. The maximum absolute atomic E-state index is 11.3. The molecule has 2 fully saturated rings. The highest BCUT2D eigenvalue weighted by Crippen LogP contribution is 2.13. The van der Waals surface area contributed by atoms with Crippen LogP contribution in [0.15, 0.2) is 0 Å². The first kappa shape index (κ1) is 9.00. The normalized spacial score (nSPS) is 29.7. The molecule has 0 aromatic rings. The molecule has 0 spiro atoms. The molecule has 1 amide bonds. The molecular weight excluding hydrogens is 164 g/mol. The summed E-state index contributed by atoms with van der Waals surface area (Å²) in [6, 6.07) is 0.566. The van der Waals surface area contributed by atoms with Crippen LogP contribution in [0.3, 0.4) is 0 Å². The highest BCUT2D eigenvalue weighted by Gasteiger charge is 2.23. The van der Waals surface area contributed by atoms with E-state index in [2.05, 4.69) is 5.32 Å². The van der Waals surface area contributed by atoms with E-state index >= 15 is 0 Å². The Kier molecular flexibility index (Phi) is 2.83. The summed E-state index contributed by atoms with van der Waals surface area (Å²) in [7, 11) is 0. The van der Waals surface area contributed by atoms with Gasteiger partial charge in [-0.1, -0.05) is 6.42 Å². The van der Waals surface area contributed by atoms with Gasteiger partial charge in [-0.3, -0.25) is 4.79 Å². The van der Waals surface area contributed by atoms with E-state index in [4.69, 9.17) is 0 Å². The lowest BCUT2D eigenvalue weighted by Gasteiger charge is -2.27. The number of likely N-dealkylation sites (tertiary alicyclic amines) is 1. The lowest BCUT2D eigenvalue weighted by molar-refractivity contribution is -0.128. The lowest BCUT2D eigenvalue weighted by Crippen LogP contribution is -2.44. The Morgan fingerprint density at radius 2 is 2.31 bits per heavy atom. The molecule has 3 nitrogen and oxygen atoms in total. The van der Waals surface area contributed by atoms with E-state index in [0.717, 1.165) is 32.5 Å². The number of amides is 1. The molecule has 2 aliphatic rings. The van der Waals surface area contributed by atoms with Crippen LogP contribution in [0.4, 0.5) is 0 Å². The molecule has 1 N–H and O–H groups in total. The van der Waals surface area contributed by atoms with Crippen molar-refractivity contribution >= 4 is 5.91 Å². The predicted molar refractivity (Wildman–Crippen MR) is 51.5 cm³/mol. The maximum Gasteiger partial charge on any atom is 0.222 e. The molecule has 74 valence electrons. The third kappa shape index (κ3) is 2.21. The van der Waals surface area contributed by atoms with Gasteiger partial charge in [0, 0.05) is 25.6 Å². The molecular formula is C10H18N2O. The van der Waals surface area contributed by atoms with Crippen LogP contribution in [0.25, 0.3) is 0 Å². The summed E-state index contributed by atoms with van der Waals surface area (Å²) in [4.78, 5) is 13.4. The number of hydrogen-bond acceptors (Lipinski definition) is 2. The van der Waals surface area contributed by atoms with Crippen LogP contribution in [0.5, 0.6) is 0 Å². The van der Waals surface area contributed by atoms with E-state index < -0.39 is 0 Å². The molecule has 0 saturated carbocycles. The van der Waals surface area contributed by atoms with E-state index in [-0.39, 0.29) is 0 Å². The van der Waals surface area contributed by atoms with Gasteiger partial charge < -0.3 is 10.2 Å². The second-order valence-corrected chi connectivity index (χ2v) is 4.09. The Morgan fingerprint density at radius 3 is 2.92 bits per heavy atom. The van der Waals surface area contributed by atoms with Crippen LogP contribution < -0.4 is 5.32 Å². The van der Waals surface area contributed by atoms with Crippen molar-refractivity contribution in [1.29, 1.82) is 0 Å². The Hall–Kier alpha value is -0.570. The topological polar surface area (TPSA) is 32.3 Å². The molecule has 3 heteroatoms. The van der Waals surface area contributed by atoms with Crippen LogP contribution in [0.1, 0.15) is 32.1 Å². The molecule has 0 aliphatic carbocycles. The largest absolute Gasteiger partial charge is 0.341 e. The first-order valence-electron chi connectivity index (χ1n) is 5.37. The summed E-state index contributed by atoms with van der Waals surface area (Å²) in [5, 5.41) is 3.47. The quantitative estimate of drug-likeness (QED) is 0.683. The zero-order valence-electron chi connectivity index (χ0n) is 8.09. The van der Waals surface area contributed by atoms with Gasteiger partial charge in [0.05, 0.1) is 0 Å². The average molecular weight is 182 g/mol. The number of carbonyl (C=O) groups is 1. The summed E-state index contributed by atoms with van der Waals surface area (Å²) < 4.78 is 0. The standard InChI is InChI=1S/C10H18N2O/c13-10-5-3-7-12(10)8-9-4-1-2-6-11-9/h9,11H,1-8H2/t9-/m1/s1. The van der Waals surface area contributed by atoms with Gasteiger partial charge in [-0.25, -0.2) is 0 Å². The second kappa shape index (κ2) is 4.09. The zero-order chi connectivity index (χ0) is 9.10. The predicted octanol–water partition coefficient (Wildman–Crippen LogP) is 0.751. The third-order valence-corrected chi connectivity index (χ3v) is 3.02. The van der Waals surface area contributed by atoms with Gasteiger partial charge in [0.15, 0.2) is 0 Å². The fourth-order valence-corrected chi connectivity index (χ4v) is 2.24. The van der Waals surface area contributed by atoms with E-state index in [9.17, 15) is 4.79 Å². The summed E-state index contributed by atoms with van der Waals surface area (Å²) in [5.74, 6) is 0.354. The summed E-state index contributed by atoms with van der Waals surface area (Å²) in [5.41, 5.74) is 0. The van der Waals surface area contributed by atoms with Gasteiger partial charge in [-0.2, -0.15) is 0 Å². The Morgan fingerprint density at radius 1 is 1.38 bits per heavy atom. The molecule has 0 bridgehead atoms. The number of piperidine rings is 1. The van der Waals surface area contributed by atoms with Crippen molar-refractivity contribution in [3.8, 4) is 0 Å². The van der Waals surface area contributed by atoms with Crippen molar-refractivity contribution in [2.75, 3.05) is 19.6 Å². The second-order valence-electron chi connectivity index (χ2n) is 4.09. The molecule has 1 atom stereocenters. The first-order valence-corrected chi connectivity index (χ1v) is 5.37. The lowest BCUT2D eigenvalue weighted by atomic mass is 10.0. The van der Waals surface area contributed by atoms with E-state index in [1.165, 1.54) is 19.3 Å². The molecule has 0 aromatic heterocycles. The van der Waals surface area contributed by atoms with Gasteiger partial charge in [0.25, 0.3) is 0 Å². The Labute approximate surface area is 79.5 Å². The van der Waals surface area contributed by atoms with Gasteiger partial charge in [0.2, 0.25) is 5.91 Å². The molecule has 2 heterocycles. The zero-order valence-corrected chi connectivity index (χ0v) is 8.09. The fourth-order valence-electron chi connectivity index (χ4n) is 2.24. The van der Waals surface area contributed by atoms with Crippen LogP contribution in [-0.2, 0) is 4.79 Å². The highest BCUT2D eigenvalue weighted by atomic mass is 16.2. The first-order chi connectivity index (χ1) is 6.36. The van der Waals surface area contributed by atoms with Gasteiger partial charge in [-0.15, -0.1) is 0 Å². The van der Waals surface area contributed by atoms with Gasteiger partial charge in [0.1, 0.15) is 0 Å². The number of rotatable bonds is 2. The molecule has 0 aromatic carbocycles. The molecule has 0 unspecified atom stereocenters. The molecule has 2 rings (SSSR count). The fraction of sp³-hybridized carbons (Fsp3) is 0.900. The SMILES string of the molecule is O=C1CCCN1C[C@H]1CCCCN1. The summed E-state index contributed by atoms with van der Waals surface area (Å²) >= 11 is 0. The van der Waals surface area contributed by atoms with Crippen LogP contribution in [0.2, 0.25) is 0 Å². The van der Waals surface area contributed by atoms with Crippen molar-refractivity contribution in [3.05, 3.63) is 0 Å². The minimum Gasteiger partial charge on any atom is -0.341 e. The van der Waals surface area contributed by atoms with E-state index in [1.807, 2.05) is 4.90 Å². The number of hydrogen-bond donors (Lipinski definition) is 1. The molecule has 0 radical (unpaired) electrons. The van der Waals surface area contributed by atoms with Crippen molar-refractivity contribution in [2.24, 2.45) is 0 Å². The Bertz CT molecular complexity index is 187. The minimum absolute atomic E-state index is 0.354. The van der Waals surface area contributed by atoms with Gasteiger partial charge in [-0.05, 0) is 25.8 Å². The third-order valence-electron chi connectivity index (χ3n) is 3.02. The van der Waals surface area contributed by atoms with Gasteiger partial charge >= 0.3 is 0 Å². The molecule has 2 aliphatic heterocycles. The highest BCUT2D eigenvalue weighted by molar-refractivity contribution is 5.78. The van der Waals surface area contributed by atoms with E-state index in [1.54, 1.807) is 0 Å². The van der Waals surface area contributed by atoms with Crippen molar-refractivity contribution < 1.29 is 4.79 Å². The Balaban J connectivity index is 1.79. The monoisotopic (exact) mass is 182 g/mol. The van der Waals surface area contributed by atoms with Crippen LogP contribution >= 0.6 is 0 Å². The van der Waals surface area contributed by atoms with Crippen molar-refractivity contribution in [1.82, 2.24) is 10.2 Å². The number of nitrogens with one attached hydrogen (secondary N) is 1. The summed E-state index contributed by atoms with van der Waals surface area (Å²) in [6.45, 7) is 3.06.